The Kier molecular flexibility index (Phi) is 4.98. The monoisotopic (exact) mass is 354 g/mol. The summed E-state index contributed by atoms with van der Waals surface area (Å²) < 4.78 is 24.0. The number of amides is 2. The number of furan rings is 1. The SMILES string of the molecule is COc1cccc(C(=O)Nc2ccc(NC(=O)c3ccco3)cc2)c1F. The number of carbonyl (C=O) groups is 2. The smallest absolute Gasteiger partial charge is 0.291 e. The number of anilines is 2. The first-order valence-corrected chi connectivity index (χ1v) is 7.67. The number of carbonyl (C=O) groups excluding carboxylic acids is 2. The van der Waals surface area contributed by atoms with Gasteiger partial charge in [0.15, 0.2) is 17.3 Å². The molecule has 0 bridgehead atoms. The van der Waals surface area contributed by atoms with Gasteiger partial charge in [0.1, 0.15) is 0 Å². The molecule has 132 valence electrons. The minimum Gasteiger partial charge on any atom is -0.494 e. The summed E-state index contributed by atoms with van der Waals surface area (Å²) in [6.07, 6.45) is 1.41. The Labute approximate surface area is 148 Å². The average Bonchev–Trinajstić information content (AvgIpc) is 3.18. The molecule has 0 unspecified atom stereocenters. The maximum atomic E-state index is 14.1. The molecular formula is C19H15FN2O4. The van der Waals surface area contributed by atoms with Crippen molar-refractivity contribution in [3.8, 4) is 5.75 Å². The van der Waals surface area contributed by atoms with Gasteiger partial charge in [0.2, 0.25) is 0 Å². The quantitative estimate of drug-likeness (QED) is 0.727. The van der Waals surface area contributed by atoms with Crippen LogP contribution in [-0.4, -0.2) is 18.9 Å². The summed E-state index contributed by atoms with van der Waals surface area (Å²) >= 11 is 0. The summed E-state index contributed by atoms with van der Waals surface area (Å²) in [4.78, 5) is 24.1. The number of halogens is 1. The van der Waals surface area contributed by atoms with E-state index in [1.165, 1.54) is 31.6 Å². The molecule has 2 aromatic carbocycles. The number of hydrogen-bond acceptors (Lipinski definition) is 4. The number of nitrogens with one attached hydrogen (secondary N) is 2. The van der Waals surface area contributed by atoms with E-state index in [-0.39, 0.29) is 23.0 Å². The number of benzene rings is 2. The molecule has 0 saturated heterocycles. The minimum atomic E-state index is -0.727. The fourth-order valence-corrected chi connectivity index (χ4v) is 2.28. The maximum absolute atomic E-state index is 14.1. The van der Waals surface area contributed by atoms with Crippen molar-refractivity contribution < 1.29 is 23.1 Å². The van der Waals surface area contributed by atoms with Gasteiger partial charge in [-0.15, -0.1) is 0 Å². The van der Waals surface area contributed by atoms with Crippen molar-refractivity contribution >= 4 is 23.2 Å². The van der Waals surface area contributed by atoms with Crippen LogP contribution in [0.3, 0.4) is 0 Å². The lowest BCUT2D eigenvalue weighted by Gasteiger charge is -2.09. The predicted octanol–water partition coefficient (Wildman–Crippen LogP) is 3.93. The van der Waals surface area contributed by atoms with Crippen LogP contribution in [0.15, 0.2) is 65.3 Å². The van der Waals surface area contributed by atoms with E-state index in [4.69, 9.17) is 9.15 Å². The normalized spacial score (nSPS) is 10.2. The lowest BCUT2D eigenvalue weighted by atomic mass is 10.1. The summed E-state index contributed by atoms with van der Waals surface area (Å²) in [6, 6.07) is 13.9. The van der Waals surface area contributed by atoms with Crippen LogP contribution >= 0.6 is 0 Å². The van der Waals surface area contributed by atoms with Crippen molar-refractivity contribution in [2.75, 3.05) is 17.7 Å². The highest BCUT2D eigenvalue weighted by atomic mass is 19.1. The molecule has 0 saturated carbocycles. The van der Waals surface area contributed by atoms with Crippen molar-refractivity contribution in [1.29, 1.82) is 0 Å². The van der Waals surface area contributed by atoms with E-state index in [0.29, 0.717) is 11.4 Å². The second-order valence-corrected chi connectivity index (χ2v) is 5.28. The molecule has 3 aromatic rings. The van der Waals surface area contributed by atoms with Gasteiger partial charge in [-0.1, -0.05) is 6.07 Å². The van der Waals surface area contributed by atoms with E-state index in [1.807, 2.05) is 0 Å². The first-order chi connectivity index (χ1) is 12.6. The van der Waals surface area contributed by atoms with E-state index < -0.39 is 11.7 Å². The zero-order valence-electron chi connectivity index (χ0n) is 13.8. The van der Waals surface area contributed by atoms with Gasteiger partial charge in [0.05, 0.1) is 18.9 Å². The first kappa shape index (κ1) is 17.2. The Hall–Kier alpha value is -3.61. The van der Waals surface area contributed by atoms with Crippen molar-refractivity contribution in [2.24, 2.45) is 0 Å². The van der Waals surface area contributed by atoms with E-state index in [2.05, 4.69) is 10.6 Å². The third-order valence-electron chi connectivity index (χ3n) is 3.57. The van der Waals surface area contributed by atoms with Crippen molar-refractivity contribution in [3.63, 3.8) is 0 Å². The van der Waals surface area contributed by atoms with Crippen LogP contribution < -0.4 is 15.4 Å². The van der Waals surface area contributed by atoms with Gasteiger partial charge in [0.25, 0.3) is 11.8 Å². The molecule has 1 aromatic heterocycles. The zero-order valence-corrected chi connectivity index (χ0v) is 13.8. The topological polar surface area (TPSA) is 80.6 Å². The van der Waals surface area contributed by atoms with E-state index in [0.717, 1.165) is 0 Å². The fourth-order valence-electron chi connectivity index (χ4n) is 2.28. The Balaban J connectivity index is 1.67. The summed E-state index contributed by atoms with van der Waals surface area (Å²) in [6.45, 7) is 0. The molecule has 6 nitrogen and oxygen atoms in total. The van der Waals surface area contributed by atoms with Gasteiger partial charge in [-0.25, -0.2) is 4.39 Å². The third kappa shape index (κ3) is 3.72. The zero-order chi connectivity index (χ0) is 18.5. The summed E-state index contributed by atoms with van der Waals surface area (Å²) in [5.74, 6) is -1.53. The third-order valence-corrected chi connectivity index (χ3v) is 3.57. The standard InChI is InChI=1S/C19H15FN2O4/c1-25-15-5-2-4-14(17(15)20)18(23)21-12-7-9-13(10-8-12)22-19(24)16-6-3-11-26-16/h2-11H,1H3,(H,21,23)(H,22,24). The predicted molar refractivity (Wildman–Crippen MR) is 94.0 cm³/mol. The van der Waals surface area contributed by atoms with Crippen LogP contribution in [0.4, 0.5) is 15.8 Å². The Morgan fingerprint density at radius 2 is 1.58 bits per heavy atom. The van der Waals surface area contributed by atoms with Crippen molar-refractivity contribution in [2.45, 2.75) is 0 Å². The highest BCUT2D eigenvalue weighted by Gasteiger charge is 2.15. The molecule has 2 amide bonds. The van der Waals surface area contributed by atoms with Gasteiger partial charge < -0.3 is 19.8 Å². The van der Waals surface area contributed by atoms with Crippen LogP contribution in [0.2, 0.25) is 0 Å². The molecule has 7 heteroatoms. The van der Waals surface area contributed by atoms with E-state index in [1.54, 1.807) is 36.4 Å². The molecule has 1 heterocycles. The average molecular weight is 354 g/mol. The summed E-state index contributed by atoms with van der Waals surface area (Å²) in [5.41, 5.74) is 0.852. The lowest BCUT2D eigenvalue weighted by Crippen LogP contribution is -2.14. The van der Waals surface area contributed by atoms with Gasteiger partial charge in [-0.2, -0.15) is 0 Å². The number of ether oxygens (including phenoxy) is 1. The van der Waals surface area contributed by atoms with Crippen LogP contribution in [0.1, 0.15) is 20.9 Å². The lowest BCUT2D eigenvalue weighted by molar-refractivity contribution is 0.0994. The van der Waals surface area contributed by atoms with Crippen molar-refractivity contribution in [3.05, 3.63) is 78.0 Å². The Morgan fingerprint density at radius 3 is 2.15 bits per heavy atom. The summed E-state index contributed by atoms with van der Waals surface area (Å²) in [5, 5.41) is 5.25. The van der Waals surface area contributed by atoms with Gasteiger partial charge in [-0.3, -0.25) is 9.59 Å². The fraction of sp³-hybridized carbons (Fsp3) is 0.0526. The Morgan fingerprint density at radius 1 is 0.923 bits per heavy atom. The largest absolute Gasteiger partial charge is 0.494 e. The number of rotatable bonds is 5. The van der Waals surface area contributed by atoms with Gasteiger partial charge in [-0.05, 0) is 48.5 Å². The van der Waals surface area contributed by atoms with Gasteiger partial charge in [0, 0.05) is 11.4 Å². The maximum Gasteiger partial charge on any atom is 0.291 e. The number of hydrogen-bond donors (Lipinski definition) is 2. The van der Waals surface area contributed by atoms with E-state index in [9.17, 15) is 14.0 Å². The molecule has 0 fully saturated rings. The molecular weight excluding hydrogens is 339 g/mol. The number of methoxy groups -OCH3 is 1. The molecule has 0 aliphatic carbocycles. The molecule has 2 N–H and O–H groups in total. The van der Waals surface area contributed by atoms with Gasteiger partial charge >= 0.3 is 0 Å². The molecule has 0 spiro atoms. The van der Waals surface area contributed by atoms with Crippen LogP contribution in [0.25, 0.3) is 0 Å². The van der Waals surface area contributed by atoms with Crippen molar-refractivity contribution in [1.82, 2.24) is 0 Å². The second kappa shape index (κ2) is 7.52. The highest BCUT2D eigenvalue weighted by Crippen LogP contribution is 2.21. The molecule has 3 rings (SSSR count). The minimum absolute atomic E-state index is 0.00589. The Bertz CT molecular complexity index is 921. The molecule has 26 heavy (non-hydrogen) atoms. The first-order valence-electron chi connectivity index (χ1n) is 7.67. The van der Waals surface area contributed by atoms with Crippen LogP contribution in [-0.2, 0) is 0 Å². The van der Waals surface area contributed by atoms with Crippen LogP contribution in [0.5, 0.6) is 5.75 Å². The van der Waals surface area contributed by atoms with Crippen LogP contribution in [0, 0.1) is 5.82 Å². The molecule has 0 atom stereocenters. The van der Waals surface area contributed by atoms with E-state index >= 15 is 0 Å². The molecule has 0 radical (unpaired) electrons. The summed E-state index contributed by atoms with van der Waals surface area (Å²) in [7, 11) is 1.33. The molecule has 0 aliphatic rings. The molecule has 0 aliphatic heterocycles. The highest BCUT2D eigenvalue weighted by molar-refractivity contribution is 6.05. The second-order valence-electron chi connectivity index (χ2n) is 5.28.